The van der Waals surface area contributed by atoms with Crippen molar-refractivity contribution in [1.82, 2.24) is 10.6 Å². The average Bonchev–Trinajstić information content (AvgIpc) is 2.79. The molecule has 0 aliphatic carbocycles. The van der Waals surface area contributed by atoms with Gasteiger partial charge >= 0.3 is 0 Å². The van der Waals surface area contributed by atoms with E-state index in [0.29, 0.717) is 18.7 Å². The van der Waals surface area contributed by atoms with E-state index in [-0.39, 0.29) is 17.5 Å². The number of ether oxygens (including phenoxy) is 1. The maximum Gasteiger partial charge on any atom is 0.268 e. The molecular weight excluding hydrogens is 376 g/mol. The van der Waals surface area contributed by atoms with Crippen LogP contribution in [0, 0.1) is 0 Å². The van der Waals surface area contributed by atoms with Gasteiger partial charge in [0.1, 0.15) is 11.4 Å². The Bertz CT molecular complexity index is 998. The molecule has 5 nitrogen and oxygen atoms in total. The first-order valence-electron chi connectivity index (χ1n) is 9.79. The van der Waals surface area contributed by atoms with Gasteiger partial charge in [0.2, 0.25) is 0 Å². The molecule has 0 aromatic heterocycles. The predicted octanol–water partition coefficient (Wildman–Crippen LogP) is 4.17. The first-order chi connectivity index (χ1) is 14.7. The molecule has 5 heteroatoms. The summed E-state index contributed by atoms with van der Waals surface area (Å²) in [5, 5.41) is 5.60. The summed E-state index contributed by atoms with van der Waals surface area (Å²) < 4.78 is 5.45. The topological polar surface area (TPSA) is 67.4 Å². The lowest BCUT2D eigenvalue weighted by Gasteiger charge is -2.12. The molecule has 0 spiro atoms. The van der Waals surface area contributed by atoms with Crippen molar-refractivity contribution in [3.8, 4) is 5.75 Å². The van der Waals surface area contributed by atoms with Gasteiger partial charge in [-0.15, -0.1) is 0 Å². The van der Waals surface area contributed by atoms with E-state index in [4.69, 9.17) is 4.74 Å². The SMILES string of the molecule is CCOc1ccc(/C=C(/NC(=O)c2ccccc2)C(=O)NCc2ccccc2)cc1. The molecule has 152 valence electrons. The molecule has 2 amide bonds. The van der Waals surface area contributed by atoms with Crippen LogP contribution in [-0.2, 0) is 11.3 Å². The normalized spacial score (nSPS) is 10.9. The number of hydrogen-bond donors (Lipinski definition) is 2. The summed E-state index contributed by atoms with van der Waals surface area (Å²) in [4.78, 5) is 25.4. The maximum absolute atomic E-state index is 12.8. The smallest absolute Gasteiger partial charge is 0.268 e. The van der Waals surface area contributed by atoms with E-state index < -0.39 is 0 Å². The molecule has 3 aromatic rings. The third kappa shape index (κ3) is 6.07. The van der Waals surface area contributed by atoms with Gasteiger partial charge < -0.3 is 15.4 Å². The minimum Gasteiger partial charge on any atom is -0.494 e. The monoisotopic (exact) mass is 400 g/mol. The number of amides is 2. The summed E-state index contributed by atoms with van der Waals surface area (Å²) in [6.07, 6.45) is 1.65. The van der Waals surface area contributed by atoms with Crippen LogP contribution in [0.15, 0.2) is 90.6 Å². The molecule has 3 rings (SSSR count). The van der Waals surface area contributed by atoms with Gasteiger partial charge in [0.25, 0.3) is 11.8 Å². The first kappa shape index (κ1) is 20.9. The van der Waals surface area contributed by atoms with Crippen LogP contribution in [0.5, 0.6) is 5.75 Å². The molecule has 0 radical (unpaired) electrons. The van der Waals surface area contributed by atoms with E-state index in [9.17, 15) is 9.59 Å². The molecule has 3 aromatic carbocycles. The fourth-order valence-corrected chi connectivity index (χ4v) is 2.81. The second-order valence-electron chi connectivity index (χ2n) is 6.55. The standard InChI is InChI=1S/C25H24N2O3/c1-2-30-22-15-13-19(14-16-22)17-23(27-24(28)21-11-7-4-8-12-21)25(29)26-18-20-9-5-3-6-10-20/h3-17H,2,18H2,1H3,(H,26,29)(H,27,28)/b23-17+. The zero-order chi connectivity index (χ0) is 21.2. The van der Waals surface area contributed by atoms with Crippen LogP contribution in [-0.4, -0.2) is 18.4 Å². The summed E-state index contributed by atoms with van der Waals surface area (Å²) >= 11 is 0. The molecule has 0 unspecified atom stereocenters. The molecule has 0 fully saturated rings. The molecule has 30 heavy (non-hydrogen) atoms. The molecule has 0 aliphatic rings. The highest BCUT2D eigenvalue weighted by Gasteiger charge is 2.14. The van der Waals surface area contributed by atoms with E-state index in [1.165, 1.54) is 0 Å². The molecule has 2 N–H and O–H groups in total. The molecule has 0 aliphatic heterocycles. The Morgan fingerprint density at radius 2 is 1.50 bits per heavy atom. The number of benzene rings is 3. The summed E-state index contributed by atoms with van der Waals surface area (Å²) in [7, 11) is 0. The number of carbonyl (C=O) groups is 2. The van der Waals surface area contributed by atoms with Crippen molar-refractivity contribution >= 4 is 17.9 Å². The molecular formula is C25H24N2O3. The van der Waals surface area contributed by atoms with Gasteiger partial charge in [-0.3, -0.25) is 9.59 Å². The van der Waals surface area contributed by atoms with Crippen molar-refractivity contribution in [1.29, 1.82) is 0 Å². The molecule has 0 atom stereocenters. The Morgan fingerprint density at radius 3 is 2.13 bits per heavy atom. The second-order valence-corrected chi connectivity index (χ2v) is 6.55. The van der Waals surface area contributed by atoms with Gasteiger partial charge in [-0.25, -0.2) is 0 Å². The van der Waals surface area contributed by atoms with Crippen molar-refractivity contribution in [2.75, 3.05) is 6.61 Å². The third-order valence-corrected chi connectivity index (χ3v) is 4.33. The Kier molecular flexibility index (Phi) is 7.39. The van der Waals surface area contributed by atoms with E-state index >= 15 is 0 Å². The minimum atomic E-state index is -0.364. The van der Waals surface area contributed by atoms with Crippen molar-refractivity contribution < 1.29 is 14.3 Å². The average molecular weight is 400 g/mol. The van der Waals surface area contributed by atoms with Crippen LogP contribution < -0.4 is 15.4 Å². The maximum atomic E-state index is 12.8. The van der Waals surface area contributed by atoms with Crippen LogP contribution in [0.3, 0.4) is 0 Å². The first-order valence-corrected chi connectivity index (χ1v) is 9.79. The second kappa shape index (κ2) is 10.6. The van der Waals surface area contributed by atoms with Crippen molar-refractivity contribution in [3.63, 3.8) is 0 Å². The summed E-state index contributed by atoms with van der Waals surface area (Å²) in [5.74, 6) is 0.0396. The summed E-state index contributed by atoms with van der Waals surface area (Å²) in [6.45, 7) is 2.86. The number of hydrogen-bond acceptors (Lipinski definition) is 3. The molecule has 0 heterocycles. The lowest BCUT2D eigenvalue weighted by Crippen LogP contribution is -2.34. The third-order valence-electron chi connectivity index (χ3n) is 4.33. The minimum absolute atomic E-state index is 0.170. The van der Waals surface area contributed by atoms with E-state index in [0.717, 1.165) is 16.9 Å². The Morgan fingerprint density at radius 1 is 0.867 bits per heavy atom. The van der Waals surface area contributed by atoms with Crippen LogP contribution in [0.4, 0.5) is 0 Å². The largest absolute Gasteiger partial charge is 0.494 e. The fraction of sp³-hybridized carbons (Fsp3) is 0.120. The van der Waals surface area contributed by atoms with Gasteiger partial charge in [-0.05, 0) is 48.4 Å². The van der Waals surface area contributed by atoms with E-state index in [2.05, 4.69) is 10.6 Å². The Balaban J connectivity index is 1.79. The molecule has 0 saturated carbocycles. The van der Waals surface area contributed by atoms with Crippen molar-refractivity contribution in [2.45, 2.75) is 13.5 Å². The molecule has 0 saturated heterocycles. The van der Waals surface area contributed by atoms with Crippen LogP contribution >= 0.6 is 0 Å². The number of nitrogens with one attached hydrogen (secondary N) is 2. The zero-order valence-corrected chi connectivity index (χ0v) is 16.8. The lowest BCUT2D eigenvalue weighted by atomic mass is 10.1. The molecule has 0 bridgehead atoms. The van der Waals surface area contributed by atoms with Crippen molar-refractivity contribution in [2.24, 2.45) is 0 Å². The number of carbonyl (C=O) groups excluding carboxylic acids is 2. The summed E-state index contributed by atoms with van der Waals surface area (Å²) in [6, 6.07) is 25.7. The lowest BCUT2D eigenvalue weighted by molar-refractivity contribution is -0.117. The Hall–Kier alpha value is -3.86. The van der Waals surface area contributed by atoms with Gasteiger partial charge in [-0.2, -0.15) is 0 Å². The van der Waals surface area contributed by atoms with Crippen LogP contribution in [0.25, 0.3) is 6.08 Å². The zero-order valence-electron chi connectivity index (χ0n) is 16.8. The summed E-state index contributed by atoms with van der Waals surface area (Å²) in [5.41, 5.74) is 2.40. The number of rotatable bonds is 8. The van der Waals surface area contributed by atoms with E-state index in [1.807, 2.05) is 67.6 Å². The van der Waals surface area contributed by atoms with Crippen LogP contribution in [0.1, 0.15) is 28.4 Å². The fourth-order valence-electron chi connectivity index (χ4n) is 2.81. The van der Waals surface area contributed by atoms with Gasteiger partial charge in [0.05, 0.1) is 6.61 Å². The predicted molar refractivity (Wildman–Crippen MR) is 118 cm³/mol. The highest BCUT2D eigenvalue weighted by atomic mass is 16.5. The highest BCUT2D eigenvalue weighted by molar-refractivity contribution is 6.05. The van der Waals surface area contributed by atoms with Gasteiger partial charge in [0.15, 0.2) is 0 Å². The highest BCUT2D eigenvalue weighted by Crippen LogP contribution is 2.14. The van der Waals surface area contributed by atoms with Crippen LogP contribution in [0.2, 0.25) is 0 Å². The van der Waals surface area contributed by atoms with Gasteiger partial charge in [-0.1, -0.05) is 60.7 Å². The Labute approximate surface area is 176 Å². The van der Waals surface area contributed by atoms with E-state index in [1.54, 1.807) is 30.3 Å². The quantitative estimate of drug-likeness (QED) is 0.558. The van der Waals surface area contributed by atoms with Crippen molar-refractivity contribution in [3.05, 3.63) is 107 Å². The van der Waals surface area contributed by atoms with Gasteiger partial charge in [0, 0.05) is 12.1 Å².